The van der Waals surface area contributed by atoms with Crippen molar-refractivity contribution in [3.63, 3.8) is 0 Å². The van der Waals surface area contributed by atoms with Crippen molar-refractivity contribution in [1.82, 2.24) is 4.57 Å². The number of rotatable bonds is 3. The van der Waals surface area contributed by atoms with Crippen LogP contribution in [0.15, 0.2) is 33.4 Å². The fourth-order valence-corrected chi connectivity index (χ4v) is 2.55. The van der Waals surface area contributed by atoms with Gasteiger partial charge in [-0.15, -0.1) is 0 Å². The Balaban J connectivity index is 2.54. The van der Waals surface area contributed by atoms with Gasteiger partial charge in [0.1, 0.15) is 0 Å². The Morgan fingerprint density at radius 3 is 2.87 bits per heavy atom. The third-order valence-corrected chi connectivity index (χ3v) is 3.06. The quantitative estimate of drug-likeness (QED) is 0.814. The molecule has 2 nitrogen and oxygen atoms in total. The van der Waals surface area contributed by atoms with Gasteiger partial charge >= 0.3 is 0 Å². The van der Waals surface area contributed by atoms with Crippen molar-refractivity contribution < 1.29 is 4.42 Å². The minimum absolute atomic E-state index is 0.920. The van der Waals surface area contributed by atoms with Gasteiger partial charge in [0.2, 0.25) is 0 Å². The Labute approximate surface area is 98.0 Å². The molecule has 0 aliphatic heterocycles. The monoisotopic (exact) mass is 267 g/mol. The van der Waals surface area contributed by atoms with E-state index in [1.807, 2.05) is 12.1 Å². The minimum atomic E-state index is 0.920. The number of furan rings is 1. The van der Waals surface area contributed by atoms with Gasteiger partial charge in [-0.1, -0.05) is 6.92 Å². The van der Waals surface area contributed by atoms with E-state index in [0.29, 0.717) is 0 Å². The third-order valence-electron chi connectivity index (χ3n) is 2.46. The van der Waals surface area contributed by atoms with Crippen LogP contribution in [0.2, 0.25) is 0 Å². The molecule has 0 unspecified atom stereocenters. The van der Waals surface area contributed by atoms with E-state index in [0.717, 1.165) is 28.9 Å². The van der Waals surface area contributed by atoms with Crippen molar-refractivity contribution in [1.29, 1.82) is 0 Å². The molecule has 0 bridgehead atoms. The molecule has 80 valence electrons. The summed E-state index contributed by atoms with van der Waals surface area (Å²) in [6, 6.07) is 6.04. The van der Waals surface area contributed by atoms with E-state index >= 15 is 0 Å². The molecule has 3 heteroatoms. The lowest BCUT2D eigenvalue weighted by molar-refractivity contribution is 0.568. The summed E-state index contributed by atoms with van der Waals surface area (Å²) in [5, 5.41) is 0. The summed E-state index contributed by atoms with van der Waals surface area (Å²) in [5.41, 5.74) is 2.40. The molecule has 0 N–H and O–H groups in total. The van der Waals surface area contributed by atoms with Gasteiger partial charge in [0, 0.05) is 16.7 Å². The van der Waals surface area contributed by atoms with Gasteiger partial charge in [0.05, 0.1) is 12.0 Å². The highest BCUT2D eigenvalue weighted by atomic mass is 79.9. The summed E-state index contributed by atoms with van der Waals surface area (Å²) >= 11 is 3.58. The molecule has 2 rings (SSSR count). The lowest BCUT2D eigenvalue weighted by atomic mass is 10.3. The van der Waals surface area contributed by atoms with Gasteiger partial charge in [-0.2, -0.15) is 0 Å². The Morgan fingerprint density at radius 2 is 2.27 bits per heavy atom. The molecule has 2 heterocycles. The smallest absolute Gasteiger partial charge is 0.151 e. The van der Waals surface area contributed by atoms with Crippen molar-refractivity contribution in [3.8, 4) is 11.5 Å². The normalized spacial score (nSPS) is 10.9. The Morgan fingerprint density at radius 1 is 1.47 bits per heavy atom. The fourth-order valence-electron chi connectivity index (χ4n) is 1.81. The first-order valence-corrected chi connectivity index (χ1v) is 5.93. The molecule has 0 amide bonds. The first kappa shape index (κ1) is 10.6. The molecule has 2 aromatic rings. The Kier molecular flexibility index (Phi) is 3.00. The largest absolute Gasteiger partial charge is 0.463 e. The van der Waals surface area contributed by atoms with Crippen molar-refractivity contribution in [2.24, 2.45) is 0 Å². The highest BCUT2D eigenvalue weighted by Crippen LogP contribution is 2.32. The maximum absolute atomic E-state index is 5.45. The summed E-state index contributed by atoms with van der Waals surface area (Å²) in [5.74, 6) is 0.920. The minimum Gasteiger partial charge on any atom is -0.463 e. The van der Waals surface area contributed by atoms with E-state index in [-0.39, 0.29) is 0 Å². The second kappa shape index (κ2) is 4.27. The highest BCUT2D eigenvalue weighted by Gasteiger charge is 2.14. The molecule has 0 spiro atoms. The number of hydrogen-bond donors (Lipinski definition) is 0. The van der Waals surface area contributed by atoms with E-state index in [4.69, 9.17) is 4.42 Å². The molecular formula is C12H14BrNO. The molecule has 0 saturated heterocycles. The van der Waals surface area contributed by atoms with Crippen molar-refractivity contribution in [2.45, 2.75) is 26.8 Å². The van der Waals surface area contributed by atoms with Crippen LogP contribution in [0.3, 0.4) is 0 Å². The number of nitrogens with zero attached hydrogens (tertiary/aromatic N) is 1. The topological polar surface area (TPSA) is 18.1 Å². The molecule has 0 atom stereocenters. The van der Waals surface area contributed by atoms with Crippen LogP contribution in [0.5, 0.6) is 0 Å². The lowest BCUT2D eigenvalue weighted by Crippen LogP contribution is -2.00. The first-order chi connectivity index (χ1) is 7.24. The maximum Gasteiger partial charge on any atom is 0.151 e. The van der Waals surface area contributed by atoms with Crippen LogP contribution < -0.4 is 0 Å². The molecule has 0 aliphatic rings. The predicted octanol–water partition coefficient (Wildman–Crippen LogP) is 4.23. The van der Waals surface area contributed by atoms with E-state index in [2.05, 4.69) is 40.4 Å². The Hall–Kier alpha value is -0.960. The van der Waals surface area contributed by atoms with Crippen LogP contribution in [-0.2, 0) is 6.54 Å². The van der Waals surface area contributed by atoms with Gasteiger partial charge in [-0.3, -0.25) is 0 Å². The SMILES string of the molecule is CCCn1c(C)cc(Br)c1-c1ccco1. The summed E-state index contributed by atoms with van der Waals surface area (Å²) in [4.78, 5) is 0. The van der Waals surface area contributed by atoms with Crippen molar-refractivity contribution in [2.75, 3.05) is 0 Å². The second-order valence-electron chi connectivity index (χ2n) is 3.61. The summed E-state index contributed by atoms with van der Waals surface area (Å²) in [6.45, 7) is 5.32. The molecular weight excluding hydrogens is 254 g/mol. The molecule has 0 fully saturated rings. The van der Waals surface area contributed by atoms with E-state index in [1.165, 1.54) is 5.69 Å². The molecule has 15 heavy (non-hydrogen) atoms. The van der Waals surface area contributed by atoms with E-state index in [9.17, 15) is 0 Å². The summed E-state index contributed by atoms with van der Waals surface area (Å²) in [6.07, 6.45) is 2.83. The molecule has 0 radical (unpaired) electrons. The summed E-state index contributed by atoms with van der Waals surface area (Å²) in [7, 11) is 0. The standard InChI is InChI=1S/C12H14BrNO/c1-3-6-14-9(2)8-10(13)12(14)11-5-4-7-15-11/h4-5,7-8H,3,6H2,1-2H3. The molecule has 2 aromatic heterocycles. The van der Waals surface area contributed by atoms with Crippen LogP contribution in [0.25, 0.3) is 11.5 Å². The van der Waals surface area contributed by atoms with Crippen LogP contribution in [0.1, 0.15) is 19.0 Å². The van der Waals surface area contributed by atoms with Gasteiger partial charge < -0.3 is 8.98 Å². The average Bonchev–Trinajstić information content (AvgIpc) is 2.77. The van der Waals surface area contributed by atoms with Crippen LogP contribution in [-0.4, -0.2) is 4.57 Å². The third kappa shape index (κ3) is 1.88. The van der Waals surface area contributed by atoms with E-state index < -0.39 is 0 Å². The van der Waals surface area contributed by atoms with Crippen LogP contribution in [0.4, 0.5) is 0 Å². The zero-order valence-corrected chi connectivity index (χ0v) is 10.5. The maximum atomic E-state index is 5.45. The molecule has 0 saturated carbocycles. The van der Waals surface area contributed by atoms with Crippen LogP contribution in [0, 0.1) is 6.92 Å². The highest BCUT2D eigenvalue weighted by molar-refractivity contribution is 9.10. The number of hydrogen-bond acceptors (Lipinski definition) is 1. The zero-order chi connectivity index (χ0) is 10.8. The fraction of sp³-hybridized carbons (Fsp3) is 0.333. The molecule has 0 aliphatic carbocycles. The second-order valence-corrected chi connectivity index (χ2v) is 4.47. The van der Waals surface area contributed by atoms with Crippen molar-refractivity contribution >= 4 is 15.9 Å². The average molecular weight is 268 g/mol. The first-order valence-electron chi connectivity index (χ1n) is 5.13. The zero-order valence-electron chi connectivity index (χ0n) is 8.96. The number of halogens is 1. The van der Waals surface area contributed by atoms with Gasteiger partial charge in [-0.05, 0) is 47.5 Å². The molecule has 0 aromatic carbocycles. The van der Waals surface area contributed by atoms with E-state index in [1.54, 1.807) is 6.26 Å². The summed E-state index contributed by atoms with van der Waals surface area (Å²) < 4.78 is 8.83. The van der Waals surface area contributed by atoms with Gasteiger partial charge in [0.25, 0.3) is 0 Å². The number of aryl methyl sites for hydroxylation is 1. The predicted molar refractivity (Wildman–Crippen MR) is 64.9 cm³/mol. The van der Waals surface area contributed by atoms with Crippen molar-refractivity contribution in [3.05, 3.63) is 34.6 Å². The number of aromatic nitrogens is 1. The Bertz CT molecular complexity index is 442. The van der Waals surface area contributed by atoms with Crippen LogP contribution >= 0.6 is 15.9 Å². The van der Waals surface area contributed by atoms with Gasteiger partial charge in [-0.25, -0.2) is 0 Å². The lowest BCUT2D eigenvalue weighted by Gasteiger charge is -2.08. The van der Waals surface area contributed by atoms with Gasteiger partial charge in [0.15, 0.2) is 5.76 Å².